The molecule has 0 unspecified atom stereocenters. The fourth-order valence-electron chi connectivity index (χ4n) is 1.58. The van der Waals surface area contributed by atoms with Crippen LogP contribution in [0.25, 0.3) is 0 Å². The van der Waals surface area contributed by atoms with Crippen molar-refractivity contribution in [2.75, 3.05) is 0 Å². The highest BCUT2D eigenvalue weighted by Gasteiger charge is 2.07. The second-order valence-electron chi connectivity index (χ2n) is 4.04. The van der Waals surface area contributed by atoms with Crippen LogP contribution in [-0.4, -0.2) is 4.99 Å². The van der Waals surface area contributed by atoms with E-state index in [1.54, 1.807) is 6.07 Å². The lowest BCUT2D eigenvalue weighted by Gasteiger charge is -2.09. The van der Waals surface area contributed by atoms with Crippen molar-refractivity contribution in [1.82, 2.24) is 0 Å². The smallest absolute Gasteiger partial charge is 0.137 e. The van der Waals surface area contributed by atoms with Gasteiger partial charge >= 0.3 is 0 Å². The summed E-state index contributed by atoms with van der Waals surface area (Å²) in [5, 5.41) is 0. The van der Waals surface area contributed by atoms with Crippen LogP contribution in [0.5, 0.6) is 5.75 Å². The summed E-state index contributed by atoms with van der Waals surface area (Å²) >= 11 is 7.84. The third kappa shape index (κ3) is 3.52. The van der Waals surface area contributed by atoms with E-state index in [4.69, 9.17) is 22.7 Å². The maximum absolute atomic E-state index is 13.4. The highest BCUT2D eigenvalue weighted by atomic mass is 79.9. The molecule has 20 heavy (non-hydrogen) atoms. The van der Waals surface area contributed by atoms with Gasteiger partial charge in [0.15, 0.2) is 0 Å². The number of thiocarbonyl (C=S) groups is 1. The van der Waals surface area contributed by atoms with Crippen LogP contribution in [-0.2, 0) is 6.61 Å². The molecule has 2 nitrogen and oxygen atoms in total. The molecule has 0 bridgehead atoms. The van der Waals surface area contributed by atoms with Gasteiger partial charge in [-0.25, -0.2) is 8.78 Å². The van der Waals surface area contributed by atoms with E-state index in [2.05, 4.69) is 15.9 Å². The molecule has 104 valence electrons. The van der Waals surface area contributed by atoms with Crippen molar-refractivity contribution >= 4 is 33.1 Å². The summed E-state index contributed by atoms with van der Waals surface area (Å²) in [5.41, 5.74) is 6.33. The van der Waals surface area contributed by atoms with E-state index in [0.29, 0.717) is 10.2 Å². The third-order valence-corrected chi connectivity index (χ3v) is 3.42. The molecule has 2 rings (SSSR count). The van der Waals surface area contributed by atoms with E-state index in [9.17, 15) is 8.78 Å². The molecular weight excluding hydrogens is 348 g/mol. The molecule has 0 aromatic heterocycles. The molecule has 0 atom stereocenters. The van der Waals surface area contributed by atoms with Crippen molar-refractivity contribution < 1.29 is 13.5 Å². The molecule has 0 aliphatic rings. The van der Waals surface area contributed by atoms with Gasteiger partial charge in [-0.05, 0) is 51.8 Å². The van der Waals surface area contributed by atoms with Crippen LogP contribution in [0.15, 0.2) is 40.9 Å². The molecule has 0 aliphatic carbocycles. The Bertz CT molecular complexity index is 664. The van der Waals surface area contributed by atoms with E-state index in [1.807, 2.05) is 0 Å². The molecule has 2 N–H and O–H groups in total. The Morgan fingerprint density at radius 2 is 1.85 bits per heavy atom. The average Bonchev–Trinajstić information content (AvgIpc) is 2.41. The normalized spacial score (nSPS) is 10.3. The lowest BCUT2D eigenvalue weighted by atomic mass is 10.1. The molecule has 2 aromatic carbocycles. The van der Waals surface area contributed by atoms with Gasteiger partial charge in [-0.2, -0.15) is 0 Å². The van der Waals surface area contributed by atoms with Crippen molar-refractivity contribution in [3.8, 4) is 5.75 Å². The minimum Gasteiger partial charge on any atom is -0.489 e. The number of nitrogens with two attached hydrogens (primary N) is 1. The predicted octanol–water partition coefficient (Wildman–Crippen LogP) is 3.94. The highest BCUT2D eigenvalue weighted by molar-refractivity contribution is 9.10. The Hall–Kier alpha value is -1.53. The predicted molar refractivity (Wildman–Crippen MR) is 80.7 cm³/mol. The summed E-state index contributed by atoms with van der Waals surface area (Å²) in [6.45, 7) is 0.202. The first kappa shape index (κ1) is 14.9. The molecule has 0 radical (unpaired) electrons. The van der Waals surface area contributed by atoms with Crippen molar-refractivity contribution in [3.63, 3.8) is 0 Å². The van der Waals surface area contributed by atoms with Gasteiger partial charge in [-0.3, -0.25) is 0 Å². The topological polar surface area (TPSA) is 35.2 Å². The van der Waals surface area contributed by atoms with Crippen LogP contribution >= 0.6 is 28.1 Å². The minimum atomic E-state index is -0.467. The zero-order valence-corrected chi connectivity index (χ0v) is 12.6. The zero-order valence-electron chi connectivity index (χ0n) is 10.2. The summed E-state index contributed by atoms with van der Waals surface area (Å²) in [6.07, 6.45) is 0. The standard InChI is InChI=1S/C14H10BrF2NOS/c15-11-6-9(2-4-13(11)17)19-7-8-1-3-12(16)10(5-8)14(18)20/h1-6H,7H2,(H2,18,20). The van der Waals surface area contributed by atoms with E-state index >= 15 is 0 Å². The molecular formula is C14H10BrF2NOS. The Morgan fingerprint density at radius 3 is 2.50 bits per heavy atom. The number of halogens is 3. The molecule has 0 heterocycles. The van der Waals surface area contributed by atoms with Crippen LogP contribution in [0, 0.1) is 11.6 Å². The van der Waals surface area contributed by atoms with Crippen molar-refractivity contribution in [3.05, 3.63) is 63.6 Å². The van der Waals surface area contributed by atoms with E-state index in [0.717, 1.165) is 5.56 Å². The van der Waals surface area contributed by atoms with Gasteiger partial charge in [-0.1, -0.05) is 18.3 Å². The van der Waals surface area contributed by atoms with Crippen LogP contribution in [0.4, 0.5) is 8.78 Å². The summed E-state index contributed by atoms with van der Waals surface area (Å²) < 4.78 is 32.3. The van der Waals surface area contributed by atoms with E-state index in [1.165, 1.54) is 30.3 Å². The van der Waals surface area contributed by atoms with Crippen molar-refractivity contribution in [1.29, 1.82) is 0 Å². The number of hydrogen-bond acceptors (Lipinski definition) is 2. The molecule has 2 aromatic rings. The molecule has 0 saturated carbocycles. The van der Waals surface area contributed by atoms with Gasteiger partial charge in [0.1, 0.15) is 29.0 Å². The van der Waals surface area contributed by atoms with E-state index < -0.39 is 5.82 Å². The van der Waals surface area contributed by atoms with Gasteiger partial charge < -0.3 is 10.5 Å². The lowest BCUT2D eigenvalue weighted by Crippen LogP contribution is -2.12. The SMILES string of the molecule is NC(=S)c1cc(COc2ccc(F)c(Br)c2)ccc1F. The molecule has 0 aliphatic heterocycles. The first-order valence-corrected chi connectivity index (χ1v) is 6.83. The Labute approximate surface area is 128 Å². The molecule has 0 saturated heterocycles. The number of benzene rings is 2. The largest absolute Gasteiger partial charge is 0.489 e. The zero-order chi connectivity index (χ0) is 14.7. The maximum Gasteiger partial charge on any atom is 0.137 e. The summed E-state index contributed by atoms with van der Waals surface area (Å²) in [5.74, 6) is -0.333. The Morgan fingerprint density at radius 1 is 1.15 bits per heavy atom. The summed E-state index contributed by atoms with van der Waals surface area (Å²) in [7, 11) is 0. The third-order valence-electron chi connectivity index (χ3n) is 2.59. The Kier molecular flexibility index (Phi) is 4.67. The fourth-order valence-corrected chi connectivity index (χ4v) is 2.10. The number of ether oxygens (including phenoxy) is 1. The number of hydrogen-bond donors (Lipinski definition) is 1. The average molecular weight is 358 g/mol. The lowest BCUT2D eigenvalue weighted by molar-refractivity contribution is 0.305. The van der Waals surface area contributed by atoms with Gasteiger partial charge in [-0.15, -0.1) is 0 Å². The monoisotopic (exact) mass is 357 g/mol. The first-order chi connectivity index (χ1) is 9.47. The quantitative estimate of drug-likeness (QED) is 0.841. The van der Waals surface area contributed by atoms with Crippen molar-refractivity contribution in [2.24, 2.45) is 5.73 Å². The van der Waals surface area contributed by atoms with Crippen LogP contribution < -0.4 is 10.5 Å². The maximum atomic E-state index is 13.4. The number of rotatable bonds is 4. The van der Waals surface area contributed by atoms with Gasteiger partial charge in [0.2, 0.25) is 0 Å². The van der Waals surface area contributed by atoms with Crippen molar-refractivity contribution in [2.45, 2.75) is 6.61 Å². The van der Waals surface area contributed by atoms with E-state index in [-0.39, 0.29) is 23.0 Å². The second kappa shape index (κ2) is 6.28. The van der Waals surface area contributed by atoms with Crippen LogP contribution in [0.1, 0.15) is 11.1 Å². The molecule has 0 fully saturated rings. The van der Waals surface area contributed by atoms with Gasteiger partial charge in [0.05, 0.1) is 4.47 Å². The van der Waals surface area contributed by atoms with Gasteiger partial charge in [0, 0.05) is 5.56 Å². The van der Waals surface area contributed by atoms with Gasteiger partial charge in [0.25, 0.3) is 0 Å². The van der Waals surface area contributed by atoms with Crippen LogP contribution in [0.3, 0.4) is 0 Å². The molecule has 6 heteroatoms. The highest BCUT2D eigenvalue weighted by Crippen LogP contribution is 2.22. The molecule has 0 amide bonds. The summed E-state index contributed by atoms with van der Waals surface area (Å²) in [4.78, 5) is -0.00567. The van der Waals surface area contributed by atoms with Crippen LogP contribution in [0.2, 0.25) is 0 Å². The molecule has 0 spiro atoms. The fraction of sp³-hybridized carbons (Fsp3) is 0.0714. The summed E-state index contributed by atoms with van der Waals surface area (Å²) in [6, 6.07) is 8.73. The first-order valence-electron chi connectivity index (χ1n) is 5.63. The Balaban J connectivity index is 2.12. The second-order valence-corrected chi connectivity index (χ2v) is 5.34. The minimum absolute atomic E-state index is 0.00567.